The van der Waals surface area contributed by atoms with Gasteiger partial charge in [0, 0.05) is 0 Å². The number of benzene rings is 1. The molecular formula is C11H14N2O5S. The standard InChI is InChI=1S/C11H14N2O5S/c1-7(10(12)14)13-19(16,17)9-5-3-4-8(6-9)11(15)18-2/h3-7,13H,1-2H3,(H2,12,14)/t7-/m0/s1. The molecule has 0 aliphatic rings. The Kier molecular flexibility index (Phi) is 4.62. The number of primary amides is 1. The van der Waals surface area contributed by atoms with Crippen LogP contribution in [0.2, 0.25) is 0 Å². The van der Waals surface area contributed by atoms with Crippen LogP contribution in [-0.4, -0.2) is 33.4 Å². The highest BCUT2D eigenvalue weighted by atomic mass is 32.2. The molecule has 0 heterocycles. The summed E-state index contributed by atoms with van der Waals surface area (Å²) in [5, 5.41) is 0. The number of carbonyl (C=O) groups excluding carboxylic acids is 2. The molecule has 104 valence electrons. The predicted molar refractivity (Wildman–Crippen MR) is 66.8 cm³/mol. The fourth-order valence-electron chi connectivity index (χ4n) is 1.27. The fourth-order valence-corrected chi connectivity index (χ4v) is 2.52. The van der Waals surface area contributed by atoms with Gasteiger partial charge in [0.2, 0.25) is 15.9 Å². The van der Waals surface area contributed by atoms with Crippen LogP contribution in [0, 0.1) is 0 Å². The largest absolute Gasteiger partial charge is 0.465 e. The highest BCUT2D eigenvalue weighted by Gasteiger charge is 2.21. The molecule has 1 atom stereocenters. The van der Waals surface area contributed by atoms with Gasteiger partial charge in [-0.1, -0.05) is 6.07 Å². The van der Waals surface area contributed by atoms with E-state index in [4.69, 9.17) is 5.73 Å². The third-order valence-corrected chi connectivity index (χ3v) is 3.86. The monoisotopic (exact) mass is 286 g/mol. The summed E-state index contributed by atoms with van der Waals surface area (Å²) in [7, 11) is -2.74. The van der Waals surface area contributed by atoms with Gasteiger partial charge in [0.05, 0.1) is 23.6 Å². The van der Waals surface area contributed by atoms with Crippen molar-refractivity contribution >= 4 is 21.9 Å². The molecule has 0 saturated heterocycles. The van der Waals surface area contributed by atoms with Gasteiger partial charge in [-0.3, -0.25) is 4.79 Å². The van der Waals surface area contributed by atoms with E-state index in [-0.39, 0.29) is 10.5 Å². The van der Waals surface area contributed by atoms with Gasteiger partial charge < -0.3 is 10.5 Å². The molecule has 0 fully saturated rings. The van der Waals surface area contributed by atoms with Crippen molar-refractivity contribution < 1.29 is 22.7 Å². The predicted octanol–water partition coefficient (Wildman–Crippen LogP) is -0.375. The average Bonchev–Trinajstić information content (AvgIpc) is 2.37. The van der Waals surface area contributed by atoms with Gasteiger partial charge in [-0.25, -0.2) is 13.2 Å². The zero-order valence-corrected chi connectivity index (χ0v) is 11.2. The molecule has 1 rings (SSSR count). The van der Waals surface area contributed by atoms with Gasteiger partial charge in [-0.15, -0.1) is 0 Å². The third kappa shape index (κ3) is 3.76. The van der Waals surface area contributed by atoms with Crippen LogP contribution in [0.15, 0.2) is 29.2 Å². The molecule has 8 heteroatoms. The number of ether oxygens (including phenoxy) is 1. The SMILES string of the molecule is COC(=O)c1cccc(S(=O)(=O)N[C@@H](C)C(N)=O)c1. The van der Waals surface area contributed by atoms with Gasteiger partial charge in [-0.05, 0) is 25.1 Å². The van der Waals surface area contributed by atoms with E-state index < -0.39 is 27.9 Å². The molecule has 0 saturated carbocycles. The minimum Gasteiger partial charge on any atom is -0.465 e. The lowest BCUT2D eigenvalue weighted by molar-refractivity contribution is -0.119. The maximum Gasteiger partial charge on any atom is 0.337 e. The van der Waals surface area contributed by atoms with Crippen LogP contribution in [0.4, 0.5) is 0 Å². The van der Waals surface area contributed by atoms with Gasteiger partial charge in [0.1, 0.15) is 0 Å². The number of carbonyl (C=O) groups is 2. The van der Waals surface area contributed by atoms with E-state index in [0.29, 0.717) is 0 Å². The number of sulfonamides is 1. The highest BCUT2D eigenvalue weighted by Crippen LogP contribution is 2.12. The molecule has 0 unspecified atom stereocenters. The minimum absolute atomic E-state index is 0.0945. The fraction of sp³-hybridized carbons (Fsp3) is 0.273. The Bertz CT molecular complexity index is 597. The van der Waals surface area contributed by atoms with E-state index in [0.717, 1.165) is 6.07 Å². The quantitative estimate of drug-likeness (QED) is 0.716. The van der Waals surface area contributed by atoms with Crippen molar-refractivity contribution in [1.82, 2.24) is 4.72 Å². The Morgan fingerprint density at radius 1 is 1.37 bits per heavy atom. The molecule has 0 aromatic heterocycles. The Morgan fingerprint density at radius 3 is 2.53 bits per heavy atom. The Hall–Kier alpha value is -1.93. The maximum absolute atomic E-state index is 11.9. The molecule has 0 spiro atoms. The molecular weight excluding hydrogens is 272 g/mol. The van der Waals surface area contributed by atoms with Gasteiger partial charge in [0.25, 0.3) is 0 Å². The van der Waals surface area contributed by atoms with Crippen molar-refractivity contribution in [3.63, 3.8) is 0 Å². The zero-order valence-electron chi connectivity index (χ0n) is 10.4. The second-order valence-electron chi connectivity index (χ2n) is 3.76. The second kappa shape index (κ2) is 5.81. The summed E-state index contributed by atoms with van der Waals surface area (Å²) < 4.78 is 30.5. The molecule has 0 aliphatic carbocycles. The lowest BCUT2D eigenvalue weighted by atomic mass is 10.2. The first-order valence-corrected chi connectivity index (χ1v) is 6.76. The normalized spacial score (nSPS) is 12.7. The molecule has 0 bridgehead atoms. The lowest BCUT2D eigenvalue weighted by Gasteiger charge is -2.11. The number of nitrogens with two attached hydrogens (primary N) is 1. The van der Waals surface area contributed by atoms with Crippen molar-refractivity contribution in [2.45, 2.75) is 17.9 Å². The van der Waals surface area contributed by atoms with E-state index in [1.165, 1.54) is 32.2 Å². The second-order valence-corrected chi connectivity index (χ2v) is 5.48. The van der Waals surface area contributed by atoms with Crippen LogP contribution in [0.1, 0.15) is 17.3 Å². The third-order valence-electron chi connectivity index (χ3n) is 2.32. The molecule has 1 aromatic rings. The van der Waals surface area contributed by atoms with Crippen molar-refractivity contribution in [2.75, 3.05) is 7.11 Å². The van der Waals surface area contributed by atoms with Crippen molar-refractivity contribution in [2.24, 2.45) is 5.73 Å². The molecule has 0 aliphatic heterocycles. The Balaban J connectivity index is 3.08. The summed E-state index contributed by atoms with van der Waals surface area (Å²) in [6.45, 7) is 1.32. The van der Waals surface area contributed by atoms with E-state index in [9.17, 15) is 18.0 Å². The summed E-state index contributed by atoms with van der Waals surface area (Å²) in [4.78, 5) is 22.0. The summed E-state index contributed by atoms with van der Waals surface area (Å²) in [6.07, 6.45) is 0. The highest BCUT2D eigenvalue weighted by molar-refractivity contribution is 7.89. The number of hydrogen-bond acceptors (Lipinski definition) is 5. The molecule has 1 amide bonds. The van der Waals surface area contributed by atoms with E-state index >= 15 is 0 Å². The smallest absolute Gasteiger partial charge is 0.337 e. The number of rotatable bonds is 5. The zero-order chi connectivity index (χ0) is 14.6. The lowest BCUT2D eigenvalue weighted by Crippen LogP contribution is -2.42. The molecule has 0 radical (unpaired) electrons. The summed E-state index contributed by atoms with van der Waals surface area (Å²) >= 11 is 0. The number of amides is 1. The maximum atomic E-state index is 11.9. The van der Waals surface area contributed by atoms with Crippen LogP contribution in [0.3, 0.4) is 0 Å². The molecule has 1 aromatic carbocycles. The number of methoxy groups -OCH3 is 1. The first-order valence-electron chi connectivity index (χ1n) is 5.28. The first-order chi connectivity index (χ1) is 8.77. The van der Waals surface area contributed by atoms with E-state index in [2.05, 4.69) is 9.46 Å². The van der Waals surface area contributed by atoms with Gasteiger partial charge >= 0.3 is 5.97 Å². The number of esters is 1. The van der Waals surface area contributed by atoms with E-state index in [1.807, 2.05) is 0 Å². The van der Waals surface area contributed by atoms with Crippen LogP contribution in [0.25, 0.3) is 0 Å². The van der Waals surface area contributed by atoms with Crippen molar-refractivity contribution in [3.05, 3.63) is 29.8 Å². The summed E-state index contributed by atoms with van der Waals surface area (Å²) in [5.74, 6) is -1.45. The molecule has 7 nitrogen and oxygen atoms in total. The van der Waals surface area contributed by atoms with Gasteiger partial charge in [-0.2, -0.15) is 4.72 Å². The summed E-state index contributed by atoms with van der Waals surface area (Å²) in [5.41, 5.74) is 5.08. The van der Waals surface area contributed by atoms with Crippen LogP contribution < -0.4 is 10.5 Å². The first kappa shape index (κ1) is 15.1. The molecule has 19 heavy (non-hydrogen) atoms. The minimum atomic E-state index is -3.93. The Labute approximate surface area is 110 Å². The van der Waals surface area contributed by atoms with Crippen LogP contribution in [0.5, 0.6) is 0 Å². The van der Waals surface area contributed by atoms with Crippen molar-refractivity contribution in [3.8, 4) is 0 Å². The van der Waals surface area contributed by atoms with Crippen LogP contribution >= 0.6 is 0 Å². The average molecular weight is 286 g/mol. The number of hydrogen-bond donors (Lipinski definition) is 2. The molecule has 3 N–H and O–H groups in total. The van der Waals surface area contributed by atoms with E-state index in [1.54, 1.807) is 0 Å². The van der Waals surface area contributed by atoms with Gasteiger partial charge in [0.15, 0.2) is 0 Å². The summed E-state index contributed by atoms with van der Waals surface area (Å²) in [6, 6.07) is 4.22. The van der Waals surface area contributed by atoms with Crippen LogP contribution in [-0.2, 0) is 19.6 Å². The Morgan fingerprint density at radius 2 is 2.00 bits per heavy atom. The van der Waals surface area contributed by atoms with Crippen molar-refractivity contribution in [1.29, 1.82) is 0 Å². The number of nitrogens with one attached hydrogen (secondary N) is 1. The topological polar surface area (TPSA) is 116 Å².